The van der Waals surface area contributed by atoms with Crippen LogP contribution in [0.1, 0.15) is 19.3 Å². The van der Waals surface area contributed by atoms with Gasteiger partial charge in [0, 0.05) is 24.3 Å². The fraction of sp³-hybridized carbons (Fsp3) is 0.316. The number of rotatable bonds is 4. The molecule has 150 valence electrons. The van der Waals surface area contributed by atoms with Gasteiger partial charge in [0.15, 0.2) is 0 Å². The Kier molecular flexibility index (Phi) is 4.42. The minimum Gasteiger partial charge on any atom is -0.477 e. The van der Waals surface area contributed by atoms with E-state index in [2.05, 4.69) is 0 Å². The van der Waals surface area contributed by atoms with Crippen molar-refractivity contribution in [3.05, 3.63) is 57.3 Å². The van der Waals surface area contributed by atoms with Crippen LogP contribution in [0.4, 0.5) is 11.4 Å². The first-order valence-corrected chi connectivity index (χ1v) is 9.11. The predicted molar refractivity (Wildman–Crippen MR) is 101 cm³/mol. The summed E-state index contributed by atoms with van der Waals surface area (Å²) < 4.78 is 0. The van der Waals surface area contributed by atoms with Gasteiger partial charge >= 0.3 is 5.97 Å². The van der Waals surface area contributed by atoms with E-state index >= 15 is 0 Å². The van der Waals surface area contributed by atoms with Crippen molar-refractivity contribution >= 4 is 29.2 Å². The zero-order valence-corrected chi connectivity index (χ0v) is 15.3. The van der Waals surface area contributed by atoms with Gasteiger partial charge in [0.25, 0.3) is 11.6 Å². The van der Waals surface area contributed by atoms with Crippen LogP contribution < -0.4 is 10.6 Å². The summed E-state index contributed by atoms with van der Waals surface area (Å²) in [7, 11) is 0. The third kappa shape index (κ3) is 2.97. The van der Waals surface area contributed by atoms with Crippen LogP contribution >= 0.6 is 0 Å². The van der Waals surface area contributed by atoms with Crippen molar-refractivity contribution in [2.45, 2.75) is 31.3 Å². The third-order valence-corrected chi connectivity index (χ3v) is 5.55. The number of amides is 2. The topological polar surface area (TPSA) is 147 Å². The number of benzene rings is 1. The summed E-state index contributed by atoms with van der Waals surface area (Å²) >= 11 is 0. The molecule has 3 aliphatic rings. The number of non-ortho nitro benzene ring substituents is 1. The van der Waals surface area contributed by atoms with Crippen molar-refractivity contribution in [2.75, 3.05) is 11.4 Å². The molecule has 3 aliphatic heterocycles. The van der Waals surface area contributed by atoms with Crippen molar-refractivity contribution in [3.8, 4) is 0 Å². The SMILES string of the molecule is N[C@@H]1C(=O)N2C(C(=O)O)=C(C=C3CCN(c4cccc([N+](=O)[O-])c4)C3=O)CC[C@H]12. The molecule has 1 aromatic carbocycles. The van der Waals surface area contributed by atoms with Crippen molar-refractivity contribution in [2.24, 2.45) is 5.73 Å². The maximum atomic E-state index is 12.8. The summed E-state index contributed by atoms with van der Waals surface area (Å²) in [5.41, 5.74) is 6.74. The second kappa shape index (κ2) is 6.82. The minimum atomic E-state index is -1.23. The molecule has 1 aromatic rings. The molecule has 4 rings (SSSR count). The van der Waals surface area contributed by atoms with Gasteiger partial charge in [-0.25, -0.2) is 4.79 Å². The Morgan fingerprint density at radius 3 is 2.76 bits per heavy atom. The minimum absolute atomic E-state index is 0.116. The molecule has 2 amide bonds. The quantitative estimate of drug-likeness (QED) is 0.332. The standard InChI is InChI=1S/C19H18N4O6/c20-15-14-5-4-10(16(19(26)27)22(14)18(15)25)8-11-6-7-21(17(11)24)12-2-1-3-13(9-12)23(28)29/h1-3,8-9,14-15H,4-7,20H2,(H,26,27)/t14-,15+/m1/s1. The Balaban J connectivity index is 1.64. The van der Waals surface area contributed by atoms with Crippen molar-refractivity contribution in [3.63, 3.8) is 0 Å². The molecule has 0 aliphatic carbocycles. The number of nitrogens with two attached hydrogens (primary N) is 1. The molecule has 0 bridgehead atoms. The number of carboxylic acid groups (broad SMARTS) is 1. The highest BCUT2D eigenvalue weighted by Crippen LogP contribution is 2.37. The summed E-state index contributed by atoms with van der Waals surface area (Å²) in [5, 5.41) is 20.6. The van der Waals surface area contributed by atoms with Crippen LogP contribution in [0, 0.1) is 10.1 Å². The fourth-order valence-electron chi connectivity index (χ4n) is 4.09. The lowest BCUT2D eigenvalue weighted by Gasteiger charge is -2.48. The Hall–Kier alpha value is -3.53. The van der Waals surface area contributed by atoms with Crippen LogP contribution in [-0.4, -0.2) is 51.3 Å². The number of nitrogens with zero attached hydrogens (tertiary/aromatic N) is 3. The number of nitro benzene ring substituents is 1. The maximum Gasteiger partial charge on any atom is 0.352 e. The smallest absolute Gasteiger partial charge is 0.352 e. The zero-order valence-electron chi connectivity index (χ0n) is 15.3. The number of β-lactam (4-membered cyclic amide) rings is 1. The third-order valence-electron chi connectivity index (χ3n) is 5.55. The van der Waals surface area contributed by atoms with Crippen LogP contribution in [0.25, 0.3) is 0 Å². The second-order valence-corrected chi connectivity index (χ2v) is 7.17. The van der Waals surface area contributed by atoms with Gasteiger partial charge in [0.2, 0.25) is 5.91 Å². The lowest BCUT2D eigenvalue weighted by Crippen LogP contribution is -2.69. The highest BCUT2D eigenvalue weighted by atomic mass is 16.6. The van der Waals surface area contributed by atoms with Crippen LogP contribution in [-0.2, 0) is 14.4 Å². The molecular weight excluding hydrogens is 380 g/mol. The summed E-state index contributed by atoms with van der Waals surface area (Å²) in [6.45, 7) is 0.331. The molecule has 10 nitrogen and oxygen atoms in total. The van der Waals surface area contributed by atoms with E-state index in [0.717, 1.165) is 0 Å². The summed E-state index contributed by atoms with van der Waals surface area (Å²) in [4.78, 5) is 49.7. The van der Waals surface area contributed by atoms with E-state index in [1.165, 1.54) is 34.1 Å². The molecule has 3 N–H and O–H groups in total. The van der Waals surface area contributed by atoms with Crippen LogP contribution in [0.15, 0.2) is 47.2 Å². The van der Waals surface area contributed by atoms with Crippen molar-refractivity contribution in [1.29, 1.82) is 0 Å². The molecule has 2 fully saturated rings. The number of carbonyl (C=O) groups excluding carboxylic acids is 2. The van der Waals surface area contributed by atoms with Crippen molar-refractivity contribution < 1.29 is 24.4 Å². The first-order chi connectivity index (χ1) is 13.8. The number of carboxylic acids is 1. The Labute approximate surface area is 165 Å². The average Bonchev–Trinajstić information content (AvgIpc) is 3.07. The lowest BCUT2D eigenvalue weighted by molar-refractivity contribution is -0.384. The number of carbonyl (C=O) groups is 3. The first kappa shape index (κ1) is 18.8. The van der Waals surface area contributed by atoms with E-state index in [9.17, 15) is 29.6 Å². The van der Waals surface area contributed by atoms with E-state index in [1.807, 2.05) is 0 Å². The Morgan fingerprint density at radius 2 is 2.07 bits per heavy atom. The van der Waals surface area contributed by atoms with Crippen LogP contribution in [0.2, 0.25) is 0 Å². The van der Waals surface area contributed by atoms with Gasteiger partial charge in [-0.05, 0) is 37.0 Å². The van der Waals surface area contributed by atoms with E-state index < -0.39 is 22.8 Å². The van der Waals surface area contributed by atoms with Gasteiger partial charge < -0.3 is 15.7 Å². The fourth-order valence-corrected chi connectivity index (χ4v) is 4.09. The summed E-state index contributed by atoms with van der Waals surface area (Å²) in [6, 6.07) is 4.79. The second-order valence-electron chi connectivity index (χ2n) is 7.17. The van der Waals surface area contributed by atoms with Gasteiger partial charge in [0.05, 0.1) is 16.7 Å². The van der Waals surface area contributed by atoms with Crippen LogP contribution in [0.5, 0.6) is 0 Å². The molecule has 0 spiro atoms. The molecule has 3 heterocycles. The highest BCUT2D eigenvalue weighted by molar-refractivity contribution is 6.09. The van der Waals surface area contributed by atoms with Gasteiger partial charge in [-0.3, -0.25) is 24.6 Å². The summed E-state index contributed by atoms with van der Waals surface area (Å²) in [6.07, 6.45) is 2.84. The maximum absolute atomic E-state index is 12.8. The normalized spacial score (nSPS) is 25.3. The number of aliphatic carboxylic acids is 1. The largest absolute Gasteiger partial charge is 0.477 e. The lowest BCUT2D eigenvalue weighted by atomic mass is 9.83. The number of hydrogen-bond acceptors (Lipinski definition) is 6. The molecule has 0 aromatic heterocycles. The molecule has 29 heavy (non-hydrogen) atoms. The van der Waals surface area contributed by atoms with Gasteiger partial charge in [-0.2, -0.15) is 0 Å². The molecule has 2 atom stereocenters. The van der Waals surface area contributed by atoms with Gasteiger partial charge in [-0.1, -0.05) is 6.07 Å². The number of fused-ring (bicyclic) bond motifs is 1. The first-order valence-electron chi connectivity index (χ1n) is 9.11. The van der Waals surface area contributed by atoms with E-state index in [0.29, 0.717) is 42.6 Å². The number of allylic oxidation sites excluding steroid dienone is 2. The van der Waals surface area contributed by atoms with E-state index in [4.69, 9.17) is 5.73 Å². The van der Waals surface area contributed by atoms with Crippen LogP contribution in [0.3, 0.4) is 0 Å². The number of anilines is 1. The Morgan fingerprint density at radius 1 is 1.31 bits per heavy atom. The molecule has 0 saturated carbocycles. The van der Waals surface area contributed by atoms with E-state index in [-0.39, 0.29) is 23.3 Å². The molecule has 10 heteroatoms. The number of hydrogen-bond donors (Lipinski definition) is 2. The highest BCUT2D eigenvalue weighted by Gasteiger charge is 2.50. The predicted octanol–water partition coefficient (Wildman–Crippen LogP) is 0.928. The summed E-state index contributed by atoms with van der Waals surface area (Å²) in [5.74, 6) is -2.00. The zero-order chi connectivity index (χ0) is 20.9. The molecule has 2 saturated heterocycles. The monoisotopic (exact) mass is 398 g/mol. The van der Waals surface area contributed by atoms with Gasteiger partial charge in [-0.15, -0.1) is 0 Å². The molecule has 0 radical (unpaired) electrons. The molecular formula is C19H18N4O6. The van der Waals surface area contributed by atoms with Gasteiger partial charge in [0.1, 0.15) is 11.7 Å². The van der Waals surface area contributed by atoms with E-state index in [1.54, 1.807) is 6.07 Å². The van der Waals surface area contributed by atoms with Crippen molar-refractivity contribution in [1.82, 2.24) is 4.90 Å². The average molecular weight is 398 g/mol. The Bertz CT molecular complexity index is 1010. The molecule has 0 unspecified atom stereocenters. The number of nitro groups is 1.